The van der Waals surface area contributed by atoms with Crippen LogP contribution in [0.2, 0.25) is 0 Å². The number of nitrogens with zero attached hydrogens (tertiary/aromatic N) is 2. The Balaban J connectivity index is 2.07. The molecule has 0 unspecified atom stereocenters. The van der Waals surface area contributed by atoms with Gasteiger partial charge in [0.05, 0.1) is 16.8 Å². The van der Waals surface area contributed by atoms with Crippen LogP contribution < -0.4 is 4.80 Å². The number of terminal acetylenes is 1. The Hall–Kier alpha value is -2.71. The highest BCUT2D eigenvalue weighted by Crippen LogP contribution is 2.23. The summed E-state index contributed by atoms with van der Waals surface area (Å²) in [7, 11) is 0. The van der Waals surface area contributed by atoms with Gasteiger partial charge in [-0.15, -0.1) is 6.42 Å². The second kappa shape index (κ2) is 6.89. The molecule has 0 N–H and O–H groups in total. The van der Waals surface area contributed by atoms with Gasteiger partial charge in [0.1, 0.15) is 5.82 Å². The van der Waals surface area contributed by atoms with E-state index in [1.54, 1.807) is 28.8 Å². The van der Waals surface area contributed by atoms with Gasteiger partial charge in [0.15, 0.2) is 4.80 Å². The van der Waals surface area contributed by atoms with E-state index in [9.17, 15) is 9.18 Å². The third kappa shape index (κ3) is 3.47. The molecule has 3 nitrogen and oxygen atoms in total. The Labute approximate surface area is 155 Å². The maximum atomic E-state index is 14.2. The number of hydrogen-bond donors (Lipinski definition) is 0. The lowest BCUT2D eigenvalue weighted by atomic mass is 9.87. The molecule has 0 saturated heterocycles. The van der Waals surface area contributed by atoms with E-state index in [0.717, 1.165) is 5.56 Å². The third-order valence-corrected chi connectivity index (χ3v) is 5.14. The molecule has 0 bridgehead atoms. The smallest absolute Gasteiger partial charge is 0.279 e. The van der Waals surface area contributed by atoms with Crippen molar-refractivity contribution < 1.29 is 9.18 Å². The van der Waals surface area contributed by atoms with E-state index in [1.165, 1.54) is 17.4 Å². The Morgan fingerprint density at radius 1 is 1.23 bits per heavy atom. The molecule has 132 valence electrons. The fourth-order valence-electron chi connectivity index (χ4n) is 2.67. The molecule has 3 rings (SSSR count). The summed E-state index contributed by atoms with van der Waals surface area (Å²) in [6.45, 7) is 6.49. The number of para-hydroxylation sites is 1. The van der Waals surface area contributed by atoms with Gasteiger partial charge in [0.25, 0.3) is 5.91 Å². The van der Waals surface area contributed by atoms with Gasteiger partial charge < -0.3 is 4.57 Å². The number of thiazole rings is 1. The number of carbonyl (C=O) groups is 1. The minimum Gasteiger partial charge on any atom is -0.302 e. The van der Waals surface area contributed by atoms with Gasteiger partial charge in [-0.25, -0.2) is 4.39 Å². The van der Waals surface area contributed by atoms with E-state index in [-0.39, 0.29) is 23.7 Å². The average molecular weight is 366 g/mol. The van der Waals surface area contributed by atoms with Crippen molar-refractivity contribution in [1.82, 2.24) is 4.57 Å². The van der Waals surface area contributed by atoms with Crippen molar-refractivity contribution in [3.63, 3.8) is 0 Å². The largest absolute Gasteiger partial charge is 0.302 e. The van der Waals surface area contributed by atoms with Gasteiger partial charge >= 0.3 is 0 Å². The Bertz CT molecular complexity index is 1080. The van der Waals surface area contributed by atoms with Gasteiger partial charge in [-0.05, 0) is 35.2 Å². The van der Waals surface area contributed by atoms with E-state index >= 15 is 0 Å². The van der Waals surface area contributed by atoms with Crippen molar-refractivity contribution in [2.45, 2.75) is 32.7 Å². The lowest BCUT2D eigenvalue weighted by Gasteiger charge is -2.18. The molecule has 0 spiro atoms. The lowest BCUT2D eigenvalue weighted by Crippen LogP contribution is -2.17. The molecule has 0 radical (unpaired) electrons. The van der Waals surface area contributed by atoms with Crippen LogP contribution in [0.1, 0.15) is 36.7 Å². The van der Waals surface area contributed by atoms with Gasteiger partial charge in [-0.3, -0.25) is 4.79 Å². The van der Waals surface area contributed by atoms with Gasteiger partial charge in [0.2, 0.25) is 0 Å². The van der Waals surface area contributed by atoms with Crippen molar-refractivity contribution in [2.24, 2.45) is 4.99 Å². The molecule has 1 amide bonds. The van der Waals surface area contributed by atoms with Crippen LogP contribution >= 0.6 is 11.3 Å². The molecule has 2 aromatic carbocycles. The quantitative estimate of drug-likeness (QED) is 0.614. The van der Waals surface area contributed by atoms with Crippen LogP contribution in [0.25, 0.3) is 10.2 Å². The van der Waals surface area contributed by atoms with Gasteiger partial charge in [0, 0.05) is 5.56 Å². The lowest BCUT2D eigenvalue weighted by molar-refractivity contribution is 0.0998. The topological polar surface area (TPSA) is 34.4 Å². The second-order valence-corrected chi connectivity index (χ2v) is 8.01. The first-order valence-electron chi connectivity index (χ1n) is 8.22. The van der Waals surface area contributed by atoms with Crippen LogP contribution in [0.15, 0.2) is 47.5 Å². The Morgan fingerprint density at radius 3 is 2.54 bits per heavy atom. The molecule has 0 aliphatic heterocycles. The summed E-state index contributed by atoms with van der Waals surface area (Å²) in [5.41, 5.74) is 2.02. The summed E-state index contributed by atoms with van der Waals surface area (Å²) in [6, 6.07) is 12.2. The average Bonchev–Trinajstić information content (AvgIpc) is 2.93. The molecule has 1 heterocycles. The summed E-state index contributed by atoms with van der Waals surface area (Å²) < 4.78 is 16.5. The zero-order valence-electron chi connectivity index (χ0n) is 14.9. The van der Waals surface area contributed by atoms with Crippen LogP contribution in [0.4, 0.5) is 4.39 Å². The van der Waals surface area contributed by atoms with Crippen LogP contribution in [0.3, 0.4) is 0 Å². The van der Waals surface area contributed by atoms with E-state index in [0.29, 0.717) is 20.6 Å². The molecule has 3 aromatic rings. The molecule has 1 aromatic heterocycles. The monoisotopic (exact) mass is 366 g/mol. The number of rotatable bonds is 2. The van der Waals surface area contributed by atoms with Crippen molar-refractivity contribution >= 4 is 27.5 Å². The number of aromatic nitrogens is 1. The third-order valence-electron chi connectivity index (χ3n) is 4.10. The van der Waals surface area contributed by atoms with Crippen LogP contribution in [0.5, 0.6) is 0 Å². The molecular weight excluding hydrogens is 347 g/mol. The number of hydrogen-bond acceptors (Lipinski definition) is 2. The standard InChI is InChI=1S/C21H19FN2OS/c1-5-13-24-18-16(22)7-6-8-17(18)26-20(24)23-19(25)14-9-11-15(12-10-14)21(2,3)4/h1,6-12H,13H2,2-4H3. The molecule has 0 aliphatic carbocycles. The highest BCUT2D eigenvalue weighted by Gasteiger charge is 2.15. The molecule has 0 atom stereocenters. The number of fused-ring (bicyclic) bond motifs is 1. The number of benzene rings is 2. The first-order chi connectivity index (χ1) is 12.3. The Morgan fingerprint density at radius 2 is 1.92 bits per heavy atom. The molecule has 0 fully saturated rings. The van der Waals surface area contributed by atoms with E-state index in [2.05, 4.69) is 31.7 Å². The second-order valence-electron chi connectivity index (χ2n) is 7.01. The molecule has 0 aliphatic rings. The van der Waals surface area contributed by atoms with Crippen molar-refractivity contribution in [1.29, 1.82) is 0 Å². The molecular formula is C21H19FN2OS. The summed E-state index contributed by atoms with van der Waals surface area (Å²) in [5, 5.41) is 0. The minimum absolute atomic E-state index is 0.0114. The summed E-state index contributed by atoms with van der Waals surface area (Å²) in [4.78, 5) is 17.2. The zero-order chi connectivity index (χ0) is 18.9. The van der Waals surface area contributed by atoms with Crippen molar-refractivity contribution in [3.05, 3.63) is 64.2 Å². The van der Waals surface area contributed by atoms with Gasteiger partial charge in [-0.2, -0.15) is 4.99 Å². The van der Waals surface area contributed by atoms with E-state index in [4.69, 9.17) is 6.42 Å². The molecule has 26 heavy (non-hydrogen) atoms. The first-order valence-corrected chi connectivity index (χ1v) is 9.04. The van der Waals surface area contributed by atoms with E-state index < -0.39 is 0 Å². The molecule has 5 heteroatoms. The van der Waals surface area contributed by atoms with Crippen LogP contribution in [-0.2, 0) is 12.0 Å². The van der Waals surface area contributed by atoms with Crippen molar-refractivity contribution in [3.8, 4) is 12.3 Å². The van der Waals surface area contributed by atoms with E-state index in [1.807, 2.05) is 12.1 Å². The fraction of sp³-hybridized carbons (Fsp3) is 0.238. The number of amides is 1. The number of halogens is 1. The zero-order valence-corrected chi connectivity index (χ0v) is 15.7. The summed E-state index contributed by atoms with van der Waals surface area (Å²) >= 11 is 1.25. The number of carbonyl (C=O) groups excluding carboxylic acids is 1. The normalized spacial score (nSPS) is 12.3. The SMILES string of the molecule is C#CCn1c(=NC(=O)c2ccc(C(C)(C)C)cc2)sc2cccc(F)c21. The predicted molar refractivity (Wildman–Crippen MR) is 104 cm³/mol. The predicted octanol–water partition coefficient (Wildman–Crippen LogP) is 4.51. The maximum absolute atomic E-state index is 14.2. The summed E-state index contributed by atoms with van der Waals surface area (Å²) in [6.07, 6.45) is 5.41. The van der Waals surface area contributed by atoms with Crippen molar-refractivity contribution in [2.75, 3.05) is 0 Å². The molecule has 0 saturated carbocycles. The first kappa shape index (κ1) is 18.1. The highest BCUT2D eigenvalue weighted by molar-refractivity contribution is 7.16. The van der Waals surface area contributed by atoms with Crippen LogP contribution in [0, 0.1) is 18.2 Å². The minimum atomic E-state index is -0.377. The fourth-order valence-corrected chi connectivity index (χ4v) is 3.72. The Kier molecular flexibility index (Phi) is 4.80. The van der Waals surface area contributed by atoms with Gasteiger partial charge in [-0.1, -0.05) is 56.2 Å². The maximum Gasteiger partial charge on any atom is 0.279 e. The summed E-state index contributed by atoms with van der Waals surface area (Å²) in [5.74, 6) is 1.75. The highest BCUT2D eigenvalue weighted by atomic mass is 32.1. The van der Waals surface area contributed by atoms with Crippen LogP contribution in [-0.4, -0.2) is 10.5 Å².